The molecule has 0 aromatic heterocycles. The molecular formula is C16H20ClN3O4. The van der Waals surface area contributed by atoms with Crippen LogP contribution in [0.3, 0.4) is 0 Å². The average Bonchev–Trinajstić information content (AvgIpc) is 2.57. The van der Waals surface area contributed by atoms with Crippen molar-refractivity contribution in [1.82, 2.24) is 10.2 Å². The summed E-state index contributed by atoms with van der Waals surface area (Å²) < 4.78 is 11.0. The SMILES string of the molecule is CC1(C(=O)NCCN2CCOCC2)Oc2ccc(Cl)cc2NC1=O. The molecule has 24 heavy (non-hydrogen) atoms. The summed E-state index contributed by atoms with van der Waals surface area (Å²) in [6.45, 7) is 5.71. The van der Waals surface area contributed by atoms with Gasteiger partial charge in [0.25, 0.3) is 17.4 Å². The molecule has 1 atom stereocenters. The highest BCUT2D eigenvalue weighted by molar-refractivity contribution is 6.31. The molecule has 0 saturated carbocycles. The number of hydrogen-bond donors (Lipinski definition) is 2. The van der Waals surface area contributed by atoms with Gasteiger partial charge in [-0.2, -0.15) is 0 Å². The fraction of sp³-hybridized carbons (Fsp3) is 0.500. The highest BCUT2D eigenvalue weighted by atomic mass is 35.5. The van der Waals surface area contributed by atoms with Crippen LogP contribution in [0.5, 0.6) is 5.75 Å². The lowest BCUT2D eigenvalue weighted by Gasteiger charge is -2.33. The van der Waals surface area contributed by atoms with Crippen LogP contribution in [0.2, 0.25) is 5.02 Å². The van der Waals surface area contributed by atoms with Crippen LogP contribution in [-0.2, 0) is 14.3 Å². The van der Waals surface area contributed by atoms with Gasteiger partial charge in [-0.15, -0.1) is 0 Å². The van der Waals surface area contributed by atoms with E-state index in [9.17, 15) is 9.59 Å². The molecule has 0 bridgehead atoms. The maximum absolute atomic E-state index is 12.5. The van der Waals surface area contributed by atoms with Gasteiger partial charge in [0, 0.05) is 31.2 Å². The minimum Gasteiger partial charge on any atom is -0.466 e. The second-order valence-corrected chi connectivity index (χ2v) is 6.38. The first-order chi connectivity index (χ1) is 11.5. The minimum atomic E-state index is -1.61. The molecular weight excluding hydrogens is 334 g/mol. The van der Waals surface area contributed by atoms with Crippen molar-refractivity contribution in [1.29, 1.82) is 0 Å². The third kappa shape index (κ3) is 3.48. The van der Waals surface area contributed by atoms with Gasteiger partial charge in [-0.05, 0) is 25.1 Å². The average molecular weight is 354 g/mol. The quantitative estimate of drug-likeness (QED) is 0.785. The number of nitrogens with one attached hydrogen (secondary N) is 2. The van der Waals surface area contributed by atoms with Crippen molar-refractivity contribution in [3.8, 4) is 5.75 Å². The molecule has 8 heteroatoms. The second-order valence-electron chi connectivity index (χ2n) is 5.94. The van der Waals surface area contributed by atoms with Gasteiger partial charge in [0.05, 0.1) is 18.9 Å². The smallest absolute Gasteiger partial charge is 0.278 e. The Bertz CT molecular complexity index is 648. The van der Waals surface area contributed by atoms with Gasteiger partial charge >= 0.3 is 0 Å². The van der Waals surface area contributed by atoms with E-state index < -0.39 is 17.4 Å². The Morgan fingerprint density at radius 1 is 1.42 bits per heavy atom. The number of rotatable bonds is 4. The zero-order valence-electron chi connectivity index (χ0n) is 13.4. The summed E-state index contributed by atoms with van der Waals surface area (Å²) in [6.07, 6.45) is 0. The molecule has 2 aliphatic heterocycles. The first kappa shape index (κ1) is 17.0. The van der Waals surface area contributed by atoms with Gasteiger partial charge in [-0.3, -0.25) is 14.5 Å². The highest BCUT2D eigenvalue weighted by Crippen LogP contribution is 2.35. The lowest BCUT2D eigenvalue weighted by molar-refractivity contribution is -0.146. The Hall–Kier alpha value is -1.83. The maximum atomic E-state index is 12.5. The van der Waals surface area contributed by atoms with E-state index in [1.807, 2.05) is 0 Å². The number of hydrogen-bond acceptors (Lipinski definition) is 5. The van der Waals surface area contributed by atoms with Crippen molar-refractivity contribution in [2.24, 2.45) is 0 Å². The normalized spacial score (nSPS) is 23.8. The van der Waals surface area contributed by atoms with Crippen molar-refractivity contribution in [2.75, 3.05) is 44.7 Å². The first-order valence-corrected chi connectivity index (χ1v) is 8.25. The number of amides is 2. The predicted molar refractivity (Wildman–Crippen MR) is 89.4 cm³/mol. The zero-order chi connectivity index (χ0) is 17.2. The molecule has 1 aromatic carbocycles. The Labute approximate surface area is 145 Å². The summed E-state index contributed by atoms with van der Waals surface area (Å²) in [5.41, 5.74) is -1.14. The summed E-state index contributed by atoms with van der Waals surface area (Å²) in [6, 6.07) is 4.87. The number of carbonyl (C=O) groups is 2. The third-order valence-corrected chi connectivity index (χ3v) is 4.42. The van der Waals surface area contributed by atoms with E-state index >= 15 is 0 Å². The molecule has 1 saturated heterocycles. The Kier molecular flexibility index (Phi) is 4.93. The molecule has 2 amide bonds. The van der Waals surface area contributed by atoms with E-state index in [2.05, 4.69) is 15.5 Å². The molecule has 1 aromatic rings. The molecule has 2 N–H and O–H groups in total. The van der Waals surface area contributed by atoms with Crippen LogP contribution in [0.25, 0.3) is 0 Å². The lowest BCUT2D eigenvalue weighted by atomic mass is 10.0. The van der Waals surface area contributed by atoms with Gasteiger partial charge in [-0.1, -0.05) is 11.6 Å². The standard InChI is InChI=1S/C16H20ClN3O4/c1-16(14(21)18-4-5-20-6-8-23-9-7-20)15(22)19-12-10-11(17)2-3-13(12)24-16/h2-3,10H,4-9H2,1H3,(H,18,21)(H,19,22). The van der Waals surface area contributed by atoms with Gasteiger partial charge in [0.2, 0.25) is 0 Å². The molecule has 0 aliphatic carbocycles. The lowest BCUT2D eigenvalue weighted by Crippen LogP contribution is -2.59. The molecule has 2 heterocycles. The van der Waals surface area contributed by atoms with E-state index in [-0.39, 0.29) is 0 Å². The summed E-state index contributed by atoms with van der Waals surface area (Å²) in [4.78, 5) is 27.0. The number of benzene rings is 1. The van der Waals surface area contributed by atoms with Crippen LogP contribution < -0.4 is 15.4 Å². The number of nitrogens with zero attached hydrogens (tertiary/aromatic N) is 1. The van der Waals surface area contributed by atoms with Crippen molar-refractivity contribution in [3.05, 3.63) is 23.2 Å². The number of carbonyl (C=O) groups excluding carboxylic acids is 2. The van der Waals surface area contributed by atoms with Gasteiger partial charge in [0.1, 0.15) is 5.75 Å². The largest absolute Gasteiger partial charge is 0.466 e. The Morgan fingerprint density at radius 2 is 2.17 bits per heavy atom. The van der Waals surface area contributed by atoms with Crippen molar-refractivity contribution in [3.63, 3.8) is 0 Å². The summed E-state index contributed by atoms with van der Waals surface area (Å²) >= 11 is 5.90. The number of anilines is 1. The number of fused-ring (bicyclic) bond motifs is 1. The van der Waals surface area contributed by atoms with Crippen LogP contribution in [0.4, 0.5) is 5.69 Å². The topological polar surface area (TPSA) is 79.9 Å². The predicted octanol–water partition coefficient (Wildman–Crippen LogP) is 0.878. The van der Waals surface area contributed by atoms with Crippen LogP contribution >= 0.6 is 11.6 Å². The van der Waals surface area contributed by atoms with Crippen LogP contribution in [-0.4, -0.2) is 61.7 Å². The molecule has 2 aliphatic rings. The number of halogens is 1. The van der Waals surface area contributed by atoms with Gasteiger partial charge < -0.3 is 20.1 Å². The van der Waals surface area contributed by atoms with E-state index in [0.717, 1.165) is 13.1 Å². The number of morpholine rings is 1. The molecule has 0 spiro atoms. The number of ether oxygens (including phenoxy) is 2. The van der Waals surface area contributed by atoms with E-state index in [1.165, 1.54) is 6.92 Å². The van der Waals surface area contributed by atoms with Crippen LogP contribution in [0.15, 0.2) is 18.2 Å². The minimum absolute atomic E-state index is 0.421. The van der Waals surface area contributed by atoms with Crippen LogP contribution in [0.1, 0.15) is 6.92 Å². The van der Waals surface area contributed by atoms with Crippen molar-refractivity contribution < 1.29 is 19.1 Å². The molecule has 7 nitrogen and oxygen atoms in total. The first-order valence-electron chi connectivity index (χ1n) is 7.87. The van der Waals surface area contributed by atoms with Crippen molar-refractivity contribution in [2.45, 2.75) is 12.5 Å². The van der Waals surface area contributed by atoms with Crippen molar-refractivity contribution >= 4 is 29.1 Å². The molecule has 1 fully saturated rings. The molecule has 130 valence electrons. The molecule has 3 rings (SSSR count). The van der Waals surface area contributed by atoms with Gasteiger partial charge in [-0.25, -0.2) is 0 Å². The summed E-state index contributed by atoms with van der Waals surface area (Å²) in [5, 5.41) is 5.94. The fourth-order valence-electron chi connectivity index (χ4n) is 2.67. The second kappa shape index (κ2) is 6.96. The third-order valence-electron chi connectivity index (χ3n) is 4.19. The van der Waals surface area contributed by atoms with E-state index in [1.54, 1.807) is 18.2 Å². The maximum Gasteiger partial charge on any atom is 0.278 e. The van der Waals surface area contributed by atoms with E-state index in [4.69, 9.17) is 21.1 Å². The highest BCUT2D eigenvalue weighted by Gasteiger charge is 2.47. The van der Waals surface area contributed by atoms with E-state index in [0.29, 0.717) is 42.8 Å². The monoisotopic (exact) mass is 353 g/mol. The summed E-state index contributed by atoms with van der Waals surface area (Å²) in [7, 11) is 0. The molecule has 1 unspecified atom stereocenters. The van der Waals surface area contributed by atoms with Crippen LogP contribution in [0, 0.1) is 0 Å². The zero-order valence-corrected chi connectivity index (χ0v) is 14.2. The summed E-state index contributed by atoms with van der Waals surface area (Å²) in [5.74, 6) is -0.556. The fourth-order valence-corrected chi connectivity index (χ4v) is 2.84. The molecule has 0 radical (unpaired) electrons. The Morgan fingerprint density at radius 3 is 2.92 bits per heavy atom. The van der Waals surface area contributed by atoms with Gasteiger partial charge in [0.15, 0.2) is 0 Å². The Balaban J connectivity index is 1.60.